The van der Waals surface area contributed by atoms with Crippen molar-refractivity contribution in [1.29, 1.82) is 0 Å². The number of nitrogens with two attached hydrogens (primary N) is 1. The first-order valence-electron chi connectivity index (χ1n) is 6.83. The van der Waals surface area contributed by atoms with Crippen LogP contribution in [0.25, 0.3) is 0 Å². The molecule has 2 aromatic carbocycles. The van der Waals surface area contributed by atoms with E-state index in [2.05, 4.69) is 6.92 Å². The molecule has 0 saturated heterocycles. The van der Waals surface area contributed by atoms with Crippen molar-refractivity contribution in [2.24, 2.45) is 5.73 Å². The summed E-state index contributed by atoms with van der Waals surface area (Å²) in [7, 11) is 0. The minimum absolute atomic E-state index is 0.0589. The lowest BCUT2D eigenvalue weighted by Crippen LogP contribution is -2.23. The average molecular weight is 302 g/mol. The van der Waals surface area contributed by atoms with Crippen molar-refractivity contribution in [3.05, 3.63) is 70.3 Å². The minimum atomic E-state index is -0.387. The van der Waals surface area contributed by atoms with Gasteiger partial charge in [0, 0.05) is 28.3 Å². The van der Waals surface area contributed by atoms with Gasteiger partial charge in [-0.15, -0.1) is 11.8 Å². The Morgan fingerprint density at radius 3 is 2.29 bits per heavy atom. The second-order valence-electron chi connectivity index (χ2n) is 4.75. The SMILES string of the molecule is CCC(Sc1ccc([N+](=O)[O-])cc1)C(N)c1ccccc1. The van der Waals surface area contributed by atoms with E-state index in [0.717, 1.165) is 16.9 Å². The molecule has 0 spiro atoms. The van der Waals surface area contributed by atoms with Crippen LogP contribution in [0.15, 0.2) is 59.5 Å². The number of hydrogen-bond donors (Lipinski definition) is 1. The molecule has 2 unspecified atom stereocenters. The van der Waals surface area contributed by atoms with Crippen molar-refractivity contribution in [2.75, 3.05) is 0 Å². The summed E-state index contributed by atoms with van der Waals surface area (Å²) < 4.78 is 0. The fraction of sp³-hybridized carbons (Fsp3) is 0.250. The van der Waals surface area contributed by atoms with Crippen molar-refractivity contribution in [2.45, 2.75) is 29.5 Å². The van der Waals surface area contributed by atoms with Gasteiger partial charge in [-0.1, -0.05) is 37.3 Å². The molecule has 110 valence electrons. The van der Waals surface area contributed by atoms with E-state index in [9.17, 15) is 10.1 Å². The number of non-ortho nitro benzene ring substituents is 1. The van der Waals surface area contributed by atoms with Crippen molar-refractivity contribution in [1.82, 2.24) is 0 Å². The molecule has 0 saturated carbocycles. The fourth-order valence-corrected chi connectivity index (χ4v) is 3.23. The van der Waals surface area contributed by atoms with Crippen molar-refractivity contribution in [3.8, 4) is 0 Å². The van der Waals surface area contributed by atoms with Crippen LogP contribution in [0.3, 0.4) is 0 Å². The Kier molecular flexibility index (Phi) is 5.36. The van der Waals surface area contributed by atoms with Gasteiger partial charge >= 0.3 is 0 Å². The molecular weight excluding hydrogens is 284 g/mol. The van der Waals surface area contributed by atoms with Gasteiger partial charge in [-0.3, -0.25) is 10.1 Å². The zero-order chi connectivity index (χ0) is 15.2. The summed E-state index contributed by atoms with van der Waals surface area (Å²) in [6.07, 6.45) is 0.928. The van der Waals surface area contributed by atoms with Crippen molar-refractivity contribution < 1.29 is 4.92 Å². The number of rotatable bonds is 6. The number of nitrogens with zero attached hydrogens (tertiary/aromatic N) is 1. The highest BCUT2D eigenvalue weighted by atomic mass is 32.2. The number of nitro groups is 1. The second kappa shape index (κ2) is 7.24. The highest BCUT2D eigenvalue weighted by Gasteiger charge is 2.19. The lowest BCUT2D eigenvalue weighted by molar-refractivity contribution is -0.384. The number of thioether (sulfide) groups is 1. The summed E-state index contributed by atoms with van der Waals surface area (Å²) in [5.41, 5.74) is 7.57. The summed E-state index contributed by atoms with van der Waals surface area (Å²) in [5, 5.41) is 10.9. The average Bonchev–Trinajstić information content (AvgIpc) is 2.53. The van der Waals surface area contributed by atoms with E-state index in [1.807, 2.05) is 30.3 Å². The maximum absolute atomic E-state index is 10.7. The van der Waals surface area contributed by atoms with Gasteiger partial charge in [0.2, 0.25) is 0 Å². The Hall–Kier alpha value is -1.85. The van der Waals surface area contributed by atoms with Crippen LogP contribution in [-0.2, 0) is 0 Å². The van der Waals surface area contributed by atoms with E-state index in [1.54, 1.807) is 23.9 Å². The molecule has 0 aliphatic carbocycles. The third kappa shape index (κ3) is 4.06. The third-order valence-electron chi connectivity index (χ3n) is 3.32. The quantitative estimate of drug-likeness (QED) is 0.494. The predicted molar refractivity (Wildman–Crippen MR) is 86.4 cm³/mol. The Labute approximate surface area is 128 Å². The molecule has 0 amide bonds. The highest BCUT2D eigenvalue weighted by molar-refractivity contribution is 8.00. The van der Waals surface area contributed by atoms with Gasteiger partial charge in [0.25, 0.3) is 5.69 Å². The zero-order valence-electron chi connectivity index (χ0n) is 11.8. The van der Waals surface area contributed by atoms with Crippen LogP contribution in [0.4, 0.5) is 5.69 Å². The third-order valence-corrected chi connectivity index (χ3v) is 4.80. The summed E-state index contributed by atoms with van der Waals surface area (Å²) >= 11 is 1.66. The summed E-state index contributed by atoms with van der Waals surface area (Å²) in [6.45, 7) is 2.10. The molecular formula is C16H18N2O2S. The van der Waals surface area contributed by atoms with Crippen LogP contribution in [0.2, 0.25) is 0 Å². The van der Waals surface area contributed by atoms with Gasteiger partial charge < -0.3 is 5.73 Å². The molecule has 0 aliphatic heterocycles. The first-order chi connectivity index (χ1) is 10.1. The monoisotopic (exact) mass is 302 g/mol. The van der Waals surface area contributed by atoms with E-state index in [1.165, 1.54) is 12.1 Å². The maximum Gasteiger partial charge on any atom is 0.269 e. The second-order valence-corrected chi connectivity index (χ2v) is 6.06. The normalized spacial score (nSPS) is 13.6. The van der Waals surface area contributed by atoms with Gasteiger partial charge in [0.1, 0.15) is 0 Å². The molecule has 0 aliphatic rings. The van der Waals surface area contributed by atoms with E-state index in [0.29, 0.717) is 0 Å². The molecule has 2 atom stereocenters. The molecule has 2 N–H and O–H groups in total. The maximum atomic E-state index is 10.7. The number of nitro benzene ring substituents is 1. The Morgan fingerprint density at radius 1 is 1.14 bits per heavy atom. The topological polar surface area (TPSA) is 69.2 Å². The van der Waals surface area contributed by atoms with Gasteiger partial charge in [-0.2, -0.15) is 0 Å². The summed E-state index contributed by atoms with van der Waals surface area (Å²) in [6, 6.07) is 16.6. The van der Waals surface area contributed by atoms with Gasteiger partial charge in [0.05, 0.1) is 4.92 Å². The van der Waals surface area contributed by atoms with Crippen LogP contribution in [-0.4, -0.2) is 10.2 Å². The molecule has 2 rings (SSSR count). The molecule has 0 heterocycles. The molecule has 5 heteroatoms. The van der Waals surface area contributed by atoms with E-state index < -0.39 is 0 Å². The lowest BCUT2D eigenvalue weighted by atomic mass is 10.0. The molecule has 0 aromatic heterocycles. The lowest BCUT2D eigenvalue weighted by Gasteiger charge is -2.22. The highest BCUT2D eigenvalue weighted by Crippen LogP contribution is 2.33. The van der Waals surface area contributed by atoms with Crippen LogP contribution >= 0.6 is 11.8 Å². The van der Waals surface area contributed by atoms with Crippen LogP contribution < -0.4 is 5.73 Å². The number of hydrogen-bond acceptors (Lipinski definition) is 4. The molecule has 0 fully saturated rings. The largest absolute Gasteiger partial charge is 0.323 e. The van der Waals surface area contributed by atoms with E-state index in [-0.39, 0.29) is 21.9 Å². The first kappa shape index (κ1) is 15.5. The van der Waals surface area contributed by atoms with Gasteiger partial charge in [-0.25, -0.2) is 0 Å². The van der Waals surface area contributed by atoms with Gasteiger partial charge in [-0.05, 0) is 24.1 Å². The van der Waals surface area contributed by atoms with Crippen molar-refractivity contribution >= 4 is 17.4 Å². The van der Waals surface area contributed by atoms with E-state index >= 15 is 0 Å². The van der Waals surface area contributed by atoms with Crippen LogP contribution in [0.1, 0.15) is 24.9 Å². The summed E-state index contributed by atoms with van der Waals surface area (Å²) in [4.78, 5) is 11.3. The zero-order valence-corrected chi connectivity index (χ0v) is 12.6. The van der Waals surface area contributed by atoms with Gasteiger partial charge in [0.15, 0.2) is 0 Å². The standard InChI is InChI=1S/C16H18N2O2S/c1-2-15(16(17)12-6-4-3-5-7-12)21-14-10-8-13(9-11-14)18(19)20/h3-11,15-16H,2,17H2,1H3. The Bertz CT molecular complexity index is 587. The van der Waals surface area contributed by atoms with Crippen LogP contribution in [0.5, 0.6) is 0 Å². The Balaban J connectivity index is 2.10. The molecule has 0 radical (unpaired) electrons. The van der Waals surface area contributed by atoms with Crippen LogP contribution in [0, 0.1) is 10.1 Å². The van der Waals surface area contributed by atoms with E-state index in [4.69, 9.17) is 5.73 Å². The first-order valence-corrected chi connectivity index (χ1v) is 7.71. The van der Waals surface area contributed by atoms with Crippen molar-refractivity contribution in [3.63, 3.8) is 0 Å². The molecule has 4 nitrogen and oxygen atoms in total. The number of benzene rings is 2. The smallest absolute Gasteiger partial charge is 0.269 e. The molecule has 0 bridgehead atoms. The summed E-state index contributed by atoms with van der Waals surface area (Å²) in [5.74, 6) is 0. The molecule has 2 aromatic rings. The molecule has 21 heavy (non-hydrogen) atoms. The Morgan fingerprint density at radius 2 is 1.76 bits per heavy atom. The fourth-order valence-electron chi connectivity index (χ4n) is 2.12. The predicted octanol–water partition coefficient (Wildman–Crippen LogP) is 4.17. The minimum Gasteiger partial charge on any atom is -0.323 e.